The Balaban J connectivity index is 3.11. The highest BCUT2D eigenvalue weighted by molar-refractivity contribution is 8.13. The van der Waals surface area contributed by atoms with Gasteiger partial charge in [0.2, 0.25) is 0 Å². The predicted octanol–water partition coefficient (Wildman–Crippen LogP) is 2.05. The Morgan fingerprint density at radius 3 is 2.43 bits per heavy atom. The van der Waals surface area contributed by atoms with Crippen molar-refractivity contribution in [3.8, 4) is 0 Å². The van der Waals surface area contributed by atoms with Gasteiger partial charge in [-0.1, -0.05) is 0 Å². The zero-order valence-corrected chi connectivity index (χ0v) is 12.3. The lowest BCUT2D eigenvalue weighted by Gasteiger charge is -2.10. The minimum Gasteiger partial charge on any atom is -0.380 e. The summed E-state index contributed by atoms with van der Waals surface area (Å²) in [4.78, 5) is 11.2. The van der Waals surface area contributed by atoms with E-state index in [1.54, 1.807) is 5.32 Å². The van der Waals surface area contributed by atoms with Crippen LogP contribution in [0.15, 0.2) is 23.1 Å². The topological polar surface area (TPSA) is 72.5 Å². The summed E-state index contributed by atoms with van der Waals surface area (Å²) < 4.78 is 63.5. The molecule has 1 N–H and O–H groups in total. The molecular weight excluding hydrogens is 335 g/mol. The fourth-order valence-electron chi connectivity index (χ4n) is 1.47. The van der Waals surface area contributed by atoms with Crippen LogP contribution in [0.3, 0.4) is 0 Å². The Morgan fingerprint density at radius 1 is 1.33 bits per heavy atom. The van der Waals surface area contributed by atoms with Crippen LogP contribution in [0.1, 0.15) is 15.9 Å². The van der Waals surface area contributed by atoms with Gasteiger partial charge in [-0.2, -0.15) is 13.2 Å². The van der Waals surface area contributed by atoms with E-state index < -0.39 is 32.6 Å². The first-order valence-corrected chi connectivity index (χ1v) is 7.76. The molecule has 1 rings (SSSR count). The standard InChI is InChI=1S/C11H11ClF3NO4S/c1-20-5-7-2-8(4-9(3-7)21(12,18)19)10(17)16-6-11(13,14)15/h2-4H,5-6H2,1H3,(H,16,17). The number of benzene rings is 1. The van der Waals surface area contributed by atoms with Crippen LogP contribution in [-0.4, -0.2) is 34.2 Å². The minimum absolute atomic E-state index is 0.0280. The number of halogens is 4. The molecule has 0 radical (unpaired) electrons. The Hall–Kier alpha value is -1.32. The molecule has 1 aromatic rings. The van der Waals surface area contributed by atoms with E-state index in [0.29, 0.717) is 0 Å². The van der Waals surface area contributed by atoms with Crippen LogP contribution in [0.25, 0.3) is 0 Å². The molecule has 0 aliphatic heterocycles. The summed E-state index contributed by atoms with van der Waals surface area (Å²) in [5, 5.41) is 1.64. The van der Waals surface area contributed by atoms with E-state index in [4.69, 9.17) is 15.4 Å². The van der Waals surface area contributed by atoms with Gasteiger partial charge >= 0.3 is 6.18 Å². The van der Waals surface area contributed by atoms with Crippen molar-refractivity contribution in [2.75, 3.05) is 13.7 Å². The Kier molecular flexibility index (Phi) is 5.60. The summed E-state index contributed by atoms with van der Waals surface area (Å²) in [7, 11) is 2.39. The van der Waals surface area contributed by atoms with Crippen molar-refractivity contribution in [2.45, 2.75) is 17.7 Å². The zero-order valence-electron chi connectivity index (χ0n) is 10.7. The maximum absolute atomic E-state index is 12.0. The molecule has 0 heterocycles. The van der Waals surface area contributed by atoms with Crippen molar-refractivity contribution in [3.05, 3.63) is 29.3 Å². The highest BCUT2D eigenvalue weighted by atomic mass is 35.7. The molecule has 21 heavy (non-hydrogen) atoms. The summed E-state index contributed by atoms with van der Waals surface area (Å²) in [6.07, 6.45) is -4.57. The molecule has 0 saturated heterocycles. The molecule has 1 aromatic carbocycles. The van der Waals surface area contributed by atoms with Crippen LogP contribution >= 0.6 is 10.7 Å². The van der Waals surface area contributed by atoms with Gasteiger partial charge in [-0.15, -0.1) is 0 Å². The van der Waals surface area contributed by atoms with Gasteiger partial charge in [0.15, 0.2) is 0 Å². The number of nitrogens with one attached hydrogen (secondary N) is 1. The first-order valence-electron chi connectivity index (χ1n) is 5.45. The molecule has 0 saturated carbocycles. The minimum atomic E-state index is -4.57. The molecular formula is C11H11ClF3NO4S. The van der Waals surface area contributed by atoms with Crippen LogP contribution in [0.2, 0.25) is 0 Å². The number of amides is 1. The molecule has 0 spiro atoms. The third-order valence-electron chi connectivity index (χ3n) is 2.27. The molecule has 0 aliphatic carbocycles. The molecule has 0 aromatic heterocycles. The maximum atomic E-state index is 12.0. The Morgan fingerprint density at radius 2 is 1.95 bits per heavy atom. The SMILES string of the molecule is COCc1cc(C(=O)NCC(F)(F)F)cc(S(=O)(=O)Cl)c1. The number of carbonyl (C=O) groups excluding carboxylic acids is 1. The predicted molar refractivity (Wildman–Crippen MR) is 68.6 cm³/mol. The largest absolute Gasteiger partial charge is 0.405 e. The van der Waals surface area contributed by atoms with Crippen molar-refractivity contribution in [1.29, 1.82) is 0 Å². The molecule has 0 bridgehead atoms. The van der Waals surface area contributed by atoms with Crippen LogP contribution in [0.4, 0.5) is 13.2 Å². The van der Waals surface area contributed by atoms with Crippen molar-refractivity contribution < 1.29 is 31.1 Å². The average Bonchev–Trinajstić information content (AvgIpc) is 2.34. The van der Waals surface area contributed by atoms with Gasteiger partial charge in [-0.05, 0) is 23.8 Å². The van der Waals surface area contributed by atoms with E-state index in [-0.39, 0.29) is 17.7 Å². The second-order valence-electron chi connectivity index (χ2n) is 4.03. The smallest absolute Gasteiger partial charge is 0.380 e. The summed E-state index contributed by atoms with van der Waals surface area (Å²) in [5.74, 6) is -1.06. The first kappa shape index (κ1) is 17.7. The maximum Gasteiger partial charge on any atom is 0.405 e. The van der Waals surface area contributed by atoms with E-state index >= 15 is 0 Å². The summed E-state index contributed by atoms with van der Waals surface area (Å²) >= 11 is 0. The fourth-order valence-corrected chi connectivity index (χ4v) is 2.29. The number of carbonyl (C=O) groups is 1. The fraction of sp³-hybridized carbons (Fsp3) is 0.364. The normalized spacial score (nSPS) is 12.2. The molecule has 0 aliphatic rings. The lowest BCUT2D eigenvalue weighted by atomic mass is 10.1. The van der Waals surface area contributed by atoms with E-state index in [0.717, 1.165) is 6.07 Å². The second-order valence-corrected chi connectivity index (χ2v) is 6.60. The lowest BCUT2D eigenvalue weighted by molar-refractivity contribution is -0.123. The van der Waals surface area contributed by atoms with Crippen molar-refractivity contribution in [1.82, 2.24) is 5.32 Å². The van der Waals surface area contributed by atoms with E-state index in [1.165, 1.54) is 19.2 Å². The quantitative estimate of drug-likeness (QED) is 0.829. The average molecular weight is 346 g/mol. The molecule has 0 fully saturated rings. The molecule has 0 atom stereocenters. The van der Waals surface area contributed by atoms with Crippen LogP contribution in [0, 0.1) is 0 Å². The summed E-state index contributed by atoms with van der Waals surface area (Å²) in [5.41, 5.74) is 0.0319. The molecule has 0 unspecified atom stereocenters. The van der Waals surface area contributed by atoms with Gasteiger partial charge in [-0.25, -0.2) is 8.42 Å². The number of hydrogen-bond acceptors (Lipinski definition) is 4. The second kappa shape index (κ2) is 6.63. The van der Waals surface area contributed by atoms with Gasteiger partial charge < -0.3 is 10.1 Å². The van der Waals surface area contributed by atoms with Gasteiger partial charge in [0.05, 0.1) is 11.5 Å². The number of alkyl halides is 3. The van der Waals surface area contributed by atoms with E-state index in [9.17, 15) is 26.4 Å². The third kappa shape index (κ3) is 5.90. The Bertz CT molecular complexity index is 631. The summed E-state index contributed by atoms with van der Waals surface area (Å²) in [6, 6.07) is 3.29. The van der Waals surface area contributed by atoms with Gasteiger partial charge in [-0.3, -0.25) is 4.79 Å². The van der Waals surface area contributed by atoms with E-state index in [1.807, 2.05) is 0 Å². The van der Waals surface area contributed by atoms with Crippen molar-refractivity contribution in [3.63, 3.8) is 0 Å². The van der Waals surface area contributed by atoms with Crippen LogP contribution in [-0.2, 0) is 20.4 Å². The molecule has 118 valence electrons. The van der Waals surface area contributed by atoms with Gasteiger partial charge in [0, 0.05) is 23.4 Å². The van der Waals surface area contributed by atoms with Crippen LogP contribution < -0.4 is 5.32 Å². The van der Waals surface area contributed by atoms with Crippen molar-refractivity contribution >= 4 is 25.6 Å². The number of methoxy groups -OCH3 is 1. The number of rotatable bonds is 5. The number of hydrogen-bond donors (Lipinski definition) is 1. The van der Waals surface area contributed by atoms with Crippen molar-refractivity contribution in [2.24, 2.45) is 0 Å². The number of ether oxygens (including phenoxy) is 1. The molecule has 5 nitrogen and oxygen atoms in total. The Labute approximate surface area is 123 Å². The highest BCUT2D eigenvalue weighted by Crippen LogP contribution is 2.20. The lowest BCUT2D eigenvalue weighted by Crippen LogP contribution is -2.33. The molecule has 10 heteroatoms. The van der Waals surface area contributed by atoms with Gasteiger partial charge in [0.25, 0.3) is 15.0 Å². The zero-order chi connectivity index (χ0) is 16.3. The van der Waals surface area contributed by atoms with Crippen LogP contribution in [0.5, 0.6) is 0 Å². The summed E-state index contributed by atoms with van der Waals surface area (Å²) in [6.45, 7) is -1.55. The third-order valence-corrected chi connectivity index (χ3v) is 3.60. The van der Waals surface area contributed by atoms with E-state index in [2.05, 4.69) is 0 Å². The first-order chi connectivity index (χ1) is 9.53. The monoisotopic (exact) mass is 345 g/mol. The molecule has 1 amide bonds. The van der Waals surface area contributed by atoms with Gasteiger partial charge in [0.1, 0.15) is 6.54 Å². The highest BCUT2D eigenvalue weighted by Gasteiger charge is 2.28.